The smallest absolute Gasteiger partial charge is 0.170 e. The lowest BCUT2D eigenvalue weighted by Gasteiger charge is -2.09. The molecule has 9 nitrogen and oxygen atoms in total. The quantitative estimate of drug-likeness (QED) is 0.197. The first-order chi connectivity index (χ1) is 13.6. The first-order valence-corrected chi connectivity index (χ1v) is 8.83. The average Bonchev–Trinajstić information content (AvgIpc) is 3.32. The summed E-state index contributed by atoms with van der Waals surface area (Å²) in [5.41, 5.74) is 11.7. The van der Waals surface area contributed by atoms with Crippen molar-refractivity contribution in [1.82, 2.24) is 25.4 Å². The summed E-state index contributed by atoms with van der Waals surface area (Å²) in [6, 6.07) is 11.1. The van der Waals surface area contributed by atoms with Gasteiger partial charge in [0.1, 0.15) is 6.20 Å². The largest absolute Gasteiger partial charge is 0.382 e. The zero-order valence-corrected chi connectivity index (χ0v) is 15.8. The van der Waals surface area contributed by atoms with Gasteiger partial charge in [-0.3, -0.25) is 0 Å². The van der Waals surface area contributed by atoms with E-state index in [4.69, 9.17) is 39.4 Å². The van der Waals surface area contributed by atoms with Gasteiger partial charge in [-0.25, -0.2) is 21.0 Å². The predicted octanol–water partition coefficient (Wildman–Crippen LogP) is 2.53. The SMILES string of the molecule is NN/N=C(\N)c1ccc(Cn2c(-c3cnon3)nc3cc(Cl)c(Cl)cc32)cc1. The number of benzene rings is 2. The summed E-state index contributed by atoms with van der Waals surface area (Å²) in [4.78, 5) is 4.62. The van der Waals surface area contributed by atoms with Crippen LogP contribution >= 0.6 is 23.2 Å². The molecule has 0 atom stereocenters. The molecule has 0 fully saturated rings. The molecule has 28 heavy (non-hydrogen) atoms. The van der Waals surface area contributed by atoms with E-state index in [0.29, 0.717) is 33.6 Å². The highest BCUT2D eigenvalue weighted by Gasteiger charge is 2.17. The Morgan fingerprint density at radius 3 is 2.61 bits per heavy atom. The van der Waals surface area contributed by atoms with E-state index in [1.165, 1.54) is 6.20 Å². The van der Waals surface area contributed by atoms with Crippen LogP contribution in [0.3, 0.4) is 0 Å². The first-order valence-electron chi connectivity index (χ1n) is 8.08. The standard InChI is InChI=1S/C17H14Cl2N8O/c18-11-5-13-15(6-12(11)19)27(17(23-13)14-7-22-28-25-14)8-9-1-3-10(4-2-9)16(20)24-26-21/h1-7,26H,8,21H2,(H2,20,24). The molecule has 2 aromatic carbocycles. The van der Waals surface area contributed by atoms with E-state index < -0.39 is 0 Å². The van der Waals surface area contributed by atoms with Gasteiger partial charge in [-0.15, -0.1) is 5.10 Å². The molecule has 0 spiro atoms. The van der Waals surface area contributed by atoms with E-state index in [1.807, 2.05) is 28.8 Å². The number of halogens is 2. The lowest BCUT2D eigenvalue weighted by Crippen LogP contribution is -2.22. The Balaban J connectivity index is 1.78. The van der Waals surface area contributed by atoms with Gasteiger partial charge in [0.15, 0.2) is 17.4 Å². The summed E-state index contributed by atoms with van der Waals surface area (Å²) in [7, 11) is 0. The van der Waals surface area contributed by atoms with Crippen LogP contribution in [0.25, 0.3) is 22.6 Å². The molecule has 0 aliphatic heterocycles. The zero-order valence-electron chi connectivity index (χ0n) is 14.3. The highest BCUT2D eigenvalue weighted by atomic mass is 35.5. The summed E-state index contributed by atoms with van der Waals surface area (Å²) in [6.45, 7) is 0.503. The number of hydrogen-bond donors (Lipinski definition) is 3. The Morgan fingerprint density at radius 2 is 1.93 bits per heavy atom. The maximum atomic E-state index is 6.22. The van der Waals surface area contributed by atoms with E-state index >= 15 is 0 Å². The van der Waals surface area contributed by atoms with E-state index in [0.717, 1.165) is 16.6 Å². The van der Waals surface area contributed by atoms with Crippen molar-refractivity contribution in [3.05, 3.63) is 63.8 Å². The fraction of sp³-hybridized carbons (Fsp3) is 0.0588. The molecule has 142 valence electrons. The summed E-state index contributed by atoms with van der Waals surface area (Å²) >= 11 is 12.4. The van der Waals surface area contributed by atoms with Gasteiger partial charge >= 0.3 is 0 Å². The molecule has 0 saturated carbocycles. The molecule has 0 aliphatic rings. The van der Waals surface area contributed by atoms with Crippen LogP contribution in [0.1, 0.15) is 11.1 Å². The molecular weight excluding hydrogens is 403 g/mol. The number of hydrogen-bond acceptors (Lipinski definition) is 7. The third-order valence-electron chi connectivity index (χ3n) is 4.16. The predicted molar refractivity (Wildman–Crippen MR) is 107 cm³/mol. The van der Waals surface area contributed by atoms with Crippen molar-refractivity contribution in [2.75, 3.05) is 0 Å². The number of amidine groups is 1. The second-order valence-corrected chi connectivity index (χ2v) is 6.71. The molecule has 0 amide bonds. The minimum absolute atomic E-state index is 0.290. The molecule has 5 N–H and O–H groups in total. The van der Waals surface area contributed by atoms with Gasteiger partial charge in [-0.1, -0.05) is 52.6 Å². The fourth-order valence-corrected chi connectivity index (χ4v) is 3.15. The van der Waals surface area contributed by atoms with Gasteiger partial charge in [0, 0.05) is 12.1 Å². The number of nitrogens with zero attached hydrogens (tertiary/aromatic N) is 5. The molecule has 0 bridgehead atoms. The fourth-order valence-electron chi connectivity index (χ4n) is 2.84. The second kappa shape index (κ2) is 7.47. The van der Waals surface area contributed by atoms with E-state index in [9.17, 15) is 0 Å². The highest BCUT2D eigenvalue weighted by Crippen LogP contribution is 2.31. The van der Waals surface area contributed by atoms with Crippen LogP contribution in [0.5, 0.6) is 0 Å². The van der Waals surface area contributed by atoms with Crippen molar-refractivity contribution >= 4 is 40.1 Å². The first kappa shape index (κ1) is 18.2. The minimum atomic E-state index is 0.290. The number of fused-ring (bicyclic) bond motifs is 1. The van der Waals surface area contributed by atoms with Crippen LogP contribution < -0.4 is 17.1 Å². The van der Waals surface area contributed by atoms with Gasteiger partial charge in [0.25, 0.3) is 0 Å². The monoisotopic (exact) mass is 416 g/mol. The highest BCUT2D eigenvalue weighted by molar-refractivity contribution is 6.42. The molecule has 0 aliphatic carbocycles. The Morgan fingerprint density at radius 1 is 1.18 bits per heavy atom. The number of nitrogens with two attached hydrogens (primary N) is 2. The third kappa shape index (κ3) is 3.38. The van der Waals surface area contributed by atoms with Gasteiger partial charge in [-0.2, -0.15) is 0 Å². The molecule has 2 heterocycles. The van der Waals surface area contributed by atoms with Crippen LogP contribution in [0.4, 0.5) is 0 Å². The number of hydrazine groups is 1. The molecule has 2 aromatic heterocycles. The van der Waals surface area contributed by atoms with Gasteiger partial charge in [0.2, 0.25) is 0 Å². The number of nitrogens with one attached hydrogen (secondary N) is 1. The molecular formula is C17H14Cl2N8O. The number of aromatic nitrogens is 4. The normalized spacial score (nSPS) is 11.9. The lowest BCUT2D eigenvalue weighted by molar-refractivity contribution is 0.308. The number of rotatable bonds is 5. The summed E-state index contributed by atoms with van der Waals surface area (Å²) < 4.78 is 6.70. The molecule has 4 aromatic rings. The molecule has 11 heteroatoms. The van der Waals surface area contributed by atoms with E-state index in [1.54, 1.807) is 12.1 Å². The van der Waals surface area contributed by atoms with Crippen molar-refractivity contribution in [2.24, 2.45) is 16.7 Å². The summed E-state index contributed by atoms with van der Waals surface area (Å²) in [5, 5.41) is 12.2. The molecule has 0 radical (unpaired) electrons. The van der Waals surface area contributed by atoms with Crippen molar-refractivity contribution in [1.29, 1.82) is 0 Å². The van der Waals surface area contributed by atoms with Crippen LogP contribution in [0.2, 0.25) is 10.0 Å². The molecule has 0 unspecified atom stereocenters. The van der Waals surface area contributed by atoms with Crippen molar-refractivity contribution in [3.8, 4) is 11.5 Å². The summed E-state index contributed by atoms with van der Waals surface area (Å²) in [5.74, 6) is 6.04. The van der Waals surface area contributed by atoms with Crippen LogP contribution in [0, 0.1) is 0 Å². The van der Waals surface area contributed by atoms with Crippen molar-refractivity contribution in [3.63, 3.8) is 0 Å². The van der Waals surface area contributed by atoms with Crippen molar-refractivity contribution < 1.29 is 4.63 Å². The maximum absolute atomic E-state index is 6.22. The van der Waals surface area contributed by atoms with Crippen LogP contribution in [-0.2, 0) is 6.54 Å². The van der Waals surface area contributed by atoms with Crippen LogP contribution in [0.15, 0.2) is 52.3 Å². The third-order valence-corrected chi connectivity index (χ3v) is 4.88. The second-order valence-electron chi connectivity index (χ2n) is 5.89. The van der Waals surface area contributed by atoms with Crippen LogP contribution in [-0.4, -0.2) is 25.7 Å². The molecule has 0 saturated heterocycles. The van der Waals surface area contributed by atoms with Crippen molar-refractivity contribution in [2.45, 2.75) is 6.54 Å². The Labute approximate surface area is 168 Å². The average molecular weight is 417 g/mol. The molecule has 4 rings (SSSR count). The maximum Gasteiger partial charge on any atom is 0.170 e. The minimum Gasteiger partial charge on any atom is -0.382 e. The van der Waals surface area contributed by atoms with E-state index in [2.05, 4.69) is 25.9 Å². The Bertz CT molecular complexity index is 1150. The Hall–Kier alpha value is -3.14. The topological polar surface area (TPSA) is 133 Å². The lowest BCUT2D eigenvalue weighted by atomic mass is 10.1. The van der Waals surface area contributed by atoms with Gasteiger partial charge < -0.3 is 10.3 Å². The van der Waals surface area contributed by atoms with Gasteiger partial charge in [-0.05, 0) is 22.9 Å². The number of hydrazone groups is 1. The number of imidazole rings is 1. The van der Waals surface area contributed by atoms with E-state index in [-0.39, 0.29) is 5.84 Å². The summed E-state index contributed by atoms with van der Waals surface area (Å²) in [6.07, 6.45) is 1.50. The van der Waals surface area contributed by atoms with Gasteiger partial charge in [0.05, 0.1) is 21.1 Å². The Kier molecular flexibility index (Phi) is 4.86. The zero-order chi connectivity index (χ0) is 19.7.